The summed E-state index contributed by atoms with van der Waals surface area (Å²) in [6.07, 6.45) is 2.81. The quantitative estimate of drug-likeness (QED) is 0.658. The van der Waals surface area contributed by atoms with E-state index in [9.17, 15) is 18.0 Å². The molecule has 0 unspecified atom stereocenters. The van der Waals surface area contributed by atoms with Crippen molar-refractivity contribution >= 4 is 21.8 Å². The van der Waals surface area contributed by atoms with Crippen LogP contribution in [-0.2, 0) is 19.6 Å². The Morgan fingerprint density at radius 3 is 2.35 bits per heavy atom. The van der Waals surface area contributed by atoms with Gasteiger partial charge in [0.25, 0.3) is 0 Å². The Bertz CT molecular complexity index is 942. The monoisotopic (exact) mass is 449 g/mol. The molecule has 3 fully saturated rings. The maximum absolute atomic E-state index is 13.5. The van der Waals surface area contributed by atoms with E-state index in [2.05, 4.69) is 0 Å². The number of carbonyl (C=O) groups excluding carboxylic acids is 2. The van der Waals surface area contributed by atoms with E-state index in [1.54, 1.807) is 29.2 Å². The third-order valence-corrected chi connectivity index (χ3v) is 8.60. The Balaban J connectivity index is 1.58. The molecule has 0 aliphatic carbocycles. The first-order valence-corrected chi connectivity index (χ1v) is 12.5. The van der Waals surface area contributed by atoms with E-state index in [4.69, 9.17) is 4.74 Å². The van der Waals surface area contributed by atoms with E-state index in [1.807, 2.05) is 11.8 Å². The van der Waals surface area contributed by atoms with E-state index in [1.165, 1.54) is 11.2 Å². The highest BCUT2D eigenvalue weighted by atomic mass is 32.2. The van der Waals surface area contributed by atoms with Crippen LogP contribution >= 0.6 is 0 Å². The van der Waals surface area contributed by atoms with Gasteiger partial charge in [-0.25, -0.2) is 8.42 Å². The predicted octanol–water partition coefficient (Wildman–Crippen LogP) is 1.57. The molecule has 2 atom stereocenters. The molecule has 0 saturated carbocycles. The summed E-state index contributed by atoms with van der Waals surface area (Å²) >= 11 is 0. The zero-order chi connectivity index (χ0) is 22.2. The van der Waals surface area contributed by atoms with Crippen molar-refractivity contribution in [2.45, 2.75) is 38.0 Å². The molecule has 0 N–H and O–H groups in total. The van der Waals surface area contributed by atoms with Crippen LogP contribution in [0.5, 0.6) is 5.75 Å². The number of hydrogen-bond donors (Lipinski definition) is 0. The van der Waals surface area contributed by atoms with Gasteiger partial charge < -0.3 is 14.5 Å². The van der Waals surface area contributed by atoms with E-state index in [0.29, 0.717) is 32.0 Å². The topological polar surface area (TPSA) is 87.2 Å². The van der Waals surface area contributed by atoms with E-state index in [0.717, 1.165) is 19.3 Å². The SMILES string of the molecule is CCCOc1ccc(S(=O)(=O)N2C[C@@H]3CN(C(C)=O)C[C@]3(C(=O)N3CCCC3)C2)cc1. The van der Waals surface area contributed by atoms with Crippen molar-refractivity contribution < 1.29 is 22.7 Å². The van der Waals surface area contributed by atoms with Crippen molar-refractivity contribution in [1.82, 2.24) is 14.1 Å². The van der Waals surface area contributed by atoms with Crippen LogP contribution in [0.25, 0.3) is 0 Å². The van der Waals surface area contributed by atoms with E-state index >= 15 is 0 Å². The van der Waals surface area contributed by atoms with E-state index in [-0.39, 0.29) is 42.3 Å². The molecule has 9 heteroatoms. The Labute approximate surface area is 184 Å². The molecule has 2 amide bonds. The summed E-state index contributed by atoms with van der Waals surface area (Å²) in [5.41, 5.74) is -0.854. The molecule has 31 heavy (non-hydrogen) atoms. The van der Waals surface area contributed by atoms with Crippen molar-refractivity contribution in [3.63, 3.8) is 0 Å². The number of ether oxygens (including phenoxy) is 1. The third-order valence-electron chi connectivity index (χ3n) is 6.78. The third kappa shape index (κ3) is 3.93. The van der Waals surface area contributed by atoms with Crippen LogP contribution in [-0.4, -0.2) is 80.2 Å². The second kappa shape index (κ2) is 8.43. The number of benzene rings is 1. The van der Waals surface area contributed by atoms with Gasteiger partial charge in [0.1, 0.15) is 5.75 Å². The molecule has 8 nitrogen and oxygen atoms in total. The number of amides is 2. The van der Waals surface area contributed by atoms with Crippen molar-refractivity contribution in [3.05, 3.63) is 24.3 Å². The van der Waals surface area contributed by atoms with Crippen LogP contribution in [0.2, 0.25) is 0 Å². The lowest BCUT2D eigenvalue weighted by Crippen LogP contribution is -2.49. The minimum absolute atomic E-state index is 0.000219. The summed E-state index contributed by atoms with van der Waals surface area (Å²) in [5, 5.41) is 0. The molecule has 170 valence electrons. The fourth-order valence-electron chi connectivity index (χ4n) is 5.06. The van der Waals surface area contributed by atoms with Gasteiger partial charge in [-0.2, -0.15) is 4.31 Å². The molecule has 4 rings (SSSR count). The standard InChI is InChI=1S/C22H31N3O5S/c1-3-12-30-19-6-8-20(9-7-19)31(28,29)25-14-18-13-24(17(2)26)15-22(18,16-25)21(27)23-10-4-5-11-23/h6-9,18H,3-5,10-16H2,1-2H3/t18-,22-/m0/s1. The molecule has 3 heterocycles. The summed E-state index contributed by atoms with van der Waals surface area (Å²) in [7, 11) is -3.75. The summed E-state index contributed by atoms with van der Waals surface area (Å²) < 4.78 is 33.7. The molecular weight excluding hydrogens is 418 g/mol. The zero-order valence-electron chi connectivity index (χ0n) is 18.2. The highest BCUT2D eigenvalue weighted by molar-refractivity contribution is 7.89. The largest absolute Gasteiger partial charge is 0.494 e. The first-order chi connectivity index (χ1) is 14.8. The molecular formula is C22H31N3O5S. The van der Waals surface area contributed by atoms with Crippen LogP contribution in [0.15, 0.2) is 29.2 Å². The molecule has 0 aromatic heterocycles. The lowest BCUT2D eigenvalue weighted by Gasteiger charge is -2.32. The molecule has 3 saturated heterocycles. The molecule has 3 aliphatic rings. The molecule has 0 bridgehead atoms. The predicted molar refractivity (Wildman–Crippen MR) is 115 cm³/mol. The Hall–Kier alpha value is -2.13. The normalized spacial score (nSPS) is 26.3. The minimum atomic E-state index is -3.75. The van der Waals surface area contributed by atoms with Gasteiger partial charge in [0.15, 0.2) is 0 Å². The lowest BCUT2D eigenvalue weighted by atomic mass is 9.79. The van der Waals surface area contributed by atoms with E-state index < -0.39 is 15.4 Å². The number of hydrogen-bond acceptors (Lipinski definition) is 5. The average Bonchev–Trinajstić information content (AvgIpc) is 3.46. The summed E-state index contributed by atoms with van der Waals surface area (Å²) in [6.45, 7) is 6.59. The van der Waals surface area contributed by atoms with Gasteiger partial charge in [-0.1, -0.05) is 6.92 Å². The molecule has 0 spiro atoms. The minimum Gasteiger partial charge on any atom is -0.494 e. The van der Waals surface area contributed by atoms with Crippen LogP contribution in [0.4, 0.5) is 0 Å². The summed E-state index contributed by atoms with van der Waals surface area (Å²) in [5.74, 6) is 0.378. The number of sulfonamides is 1. The van der Waals surface area contributed by atoms with Gasteiger partial charge in [-0.15, -0.1) is 0 Å². The summed E-state index contributed by atoms with van der Waals surface area (Å²) in [6, 6.07) is 6.46. The van der Waals surface area contributed by atoms with Crippen LogP contribution in [0.3, 0.4) is 0 Å². The van der Waals surface area contributed by atoms with Gasteiger partial charge in [0, 0.05) is 52.1 Å². The van der Waals surface area contributed by atoms with Gasteiger partial charge in [-0.05, 0) is 43.5 Å². The number of carbonyl (C=O) groups is 2. The molecule has 1 aromatic rings. The highest BCUT2D eigenvalue weighted by Gasteiger charge is 2.60. The zero-order valence-corrected chi connectivity index (χ0v) is 19.1. The lowest BCUT2D eigenvalue weighted by molar-refractivity contribution is -0.141. The second-order valence-electron chi connectivity index (χ2n) is 8.87. The van der Waals surface area contributed by atoms with Gasteiger partial charge in [0.2, 0.25) is 21.8 Å². The maximum atomic E-state index is 13.5. The number of fused-ring (bicyclic) bond motifs is 1. The number of rotatable bonds is 6. The van der Waals surface area contributed by atoms with Crippen molar-refractivity contribution in [2.75, 3.05) is 45.9 Å². The summed E-state index contributed by atoms with van der Waals surface area (Å²) in [4.78, 5) is 29.3. The number of likely N-dealkylation sites (tertiary alicyclic amines) is 2. The van der Waals surface area contributed by atoms with Gasteiger partial charge >= 0.3 is 0 Å². The maximum Gasteiger partial charge on any atom is 0.243 e. The van der Waals surface area contributed by atoms with Gasteiger partial charge in [-0.3, -0.25) is 9.59 Å². The average molecular weight is 450 g/mol. The fraction of sp³-hybridized carbons (Fsp3) is 0.636. The van der Waals surface area contributed by atoms with Gasteiger partial charge in [0.05, 0.1) is 16.9 Å². The van der Waals surface area contributed by atoms with Crippen molar-refractivity contribution in [1.29, 1.82) is 0 Å². The number of nitrogens with zero attached hydrogens (tertiary/aromatic N) is 3. The Morgan fingerprint density at radius 2 is 1.74 bits per heavy atom. The van der Waals surface area contributed by atoms with Crippen LogP contribution < -0.4 is 4.74 Å². The highest BCUT2D eigenvalue weighted by Crippen LogP contribution is 2.46. The van der Waals surface area contributed by atoms with Crippen LogP contribution in [0, 0.1) is 11.3 Å². The molecule has 0 radical (unpaired) electrons. The van der Waals surface area contributed by atoms with Crippen molar-refractivity contribution in [3.8, 4) is 5.75 Å². The smallest absolute Gasteiger partial charge is 0.243 e. The fourth-order valence-corrected chi connectivity index (χ4v) is 6.61. The first kappa shape index (κ1) is 22.1. The molecule has 1 aromatic carbocycles. The molecule has 3 aliphatic heterocycles. The van der Waals surface area contributed by atoms with Crippen molar-refractivity contribution in [2.24, 2.45) is 11.3 Å². The Kier molecular flexibility index (Phi) is 6.00. The van der Waals surface area contributed by atoms with Crippen LogP contribution in [0.1, 0.15) is 33.1 Å². The first-order valence-electron chi connectivity index (χ1n) is 11.1. The second-order valence-corrected chi connectivity index (χ2v) is 10.8. The Morgan fingerprint density at radius 1 is 1.06 bits per heavy atom.